The molecule has 1 heterocycles. The molecule has 0 saturated heterocycles. The van der Waals surface area contributed by atoms with Crippen LogP contribution in [0.25, 0.3) is 5.70 Å². The second kappa shape index (κ2) is 4.61. The lowest BCUT2D eigenvalue weighted by Gasteiger charge is -2.37. The molecule has 1 aromatic carbocycles. The van der Waals surface area contributed by atoms with Crippen molar-refractivity contribution in [3.8, 4) is 5.75 Å². The van der Waals surface area contributed by atoms with Crippen LogP contribution in [0.1, 0.15) is 18.4 Å². The molecule has 94 valence electrons. The standard InChI is InChI=1S/C15H17NO2/c1-3-9-15(10-4-2)14(17)13(16)11-7-5-6-8-12(11)18-15/h3-8,17H,1-2,9-10,16H2. The van der Waals surface area contributed by atoms with E-state index in [1.54, 1.807) is 12.2 Å². The van der Waals surface area contributed by atoms with Crippen LogP contribution in [0.3, 0.4) is 0 Å². The molecule has 3 nitrogen and oxygen atoms in total. The Morgan fingerprint density at radius 3 is 2.44 bits per heavy atom. The Morgan fingerprint density at radius 1 is 1.22 bits per heavy atom. The average Bonchev–Trinajstić information content (AvgIpc) is 2.37. The van der Waals surface area contributed by atoms with Gasteiger partial charge in [0.2, 0.25) is 0 Å². The van der Waals surface area contributed by atoms with Crippen molar-refractivity contribution < 1.29 is 9.84 Å². The predicted octanol–water partition coefficient (Wildman–Crippen LogP) is 3.16. The van der Waals surface area contributed by atoms with Crippen molar-refractivity contribution in [3.05, 3.63) is 60.9 Å². The number of hydrogen-bond donors (Lipinski definition) is 2. The van der Waals surface area contributed by atoms with Gasteiger partial charge in [-0.1, -0.05) is 24.3 Å². The van der Waals surface area contributed by atoms with E-state index in [1.807, 2.05) is 24.3 Å². The normalized spacial score (nSPS) is 16.7. The molecule has 3 N–H and O–H groups in total. The molecule has 0 atom stereocenters. The fourth-order valence-electron chi connectivity index (χ4n) is 2.24. The van der Waals surface area contributed by atoms with Gasteiger partial charge in [-0.2, -0.15) is 0 Å². The Morgan fingerprint density at radius 2 is 1.83 bits per heavy atom. The van der Waals surface area contributed by atoms with Crippen LogP contribution in [0, 0.1) is 0 Å². The molecule has 0 radical (unpaired) electrons. The van der Waals surface area contributed by atoms with Gasteiger partial charge in [0, 0.05) is 18.4 Å². The molecule has 1 aliphatic heterocycles. The number of aliphatic hydroxyl groups excluding tert-OH is 1. The zero-order valence-corrected chi connectivity index (χ0v) is 10.2. The first-order valence-electron chi connectivity index (χ1n) is 5.84. The van der Waals surface area contributed by atoms with E-state index in [2.05, 4.69) is 13.2 Å². The number of ether oxygens (including phenoxy) is 1. The summed E-state index contributed by atoms with van der Waals surface area (Å²) in [4.78, 5) is 0. The van der Waals surface area contributed by atoms with Gasteiger partial charge < -0.3 is 15.6 Å². The number of para-hydroxylation sites is 1. The van der Waals surface area contributed by atoms with E-state index < -0.39 is 5.60 Å². The second-order valence-corrected chi connectivity index (χ2v) is 4.34. The fraction of sp³-hybridized carbons (Fsp3) is 0.200. The third-order valence-electron chi connectivity index (χ3n) is 3.12. The van der Waals surface area contributed by atoms with Crippen LogP contribution in [-0.2, 0) is 0 Å². The molecule has 0 spiro atoms. The van der Waals surface area contributed by atoms with Crippen LogP contribution in [0.15, 0.2) is 55.3 Å². The molecule has 0 aliphatic carbocycles. The highest BCUT2D eigenvalue weighted by molar-refractivity contribution is 5.73. The summed E-state index contributed by atoms with van der Waals surface area (Å²) in [5.41, 5.74) is 6.22. The minimum absolute atomic E-state index is 0.0565. The Kier molecular flexibility index (Phi) is 3.15. The first kappa shape index (κ1) is 12.3. The van der Waals surface area contributed by atoms with Crippen molar-refractivity contribution in [2.45, 2.75) is 18.4 Å². The molecule has 0 fully saturated rings. The minimum Gasteiger partial charge on any atom is -0.506 e. The summed E-state index contributed by atoms with van der Waals surface area (Å²) in [6.45, 7) is 7.42. The summed E-state index contributed by atoms with van der Waals surface area (Å²) in [5.74, 6) is 0.734. The van der Waals surface area contributed by atoms with Crippen LogP contribution >= 0.6 is 0 Å². The third-order valence-corrected chi connectivity index (χ3v) is 3.12. The molecule has 1 aliphatic rings. The van der Waals surface area contributed by atoms with E-state index in [0.29, 0.717) is 24.3 Å². The van der Waals surface area contributed by atoms with Gasteiger partial charge >= 0.3 is 0 Å². The van der Waals surface area contributed by atoms with E-state index in [9.17, 15) is 5.11 Å². The van der Waals surface area contributed by atoms with Crippen molar-refractivity contribution in [1.29, 1.82) is 0 Å². The van der Waals surface area contributed by atoms with Gasteiger partial charge in [-0.05, 0) is 12.1 Å². The van der Waals surface area contributed by atoms with E-state index in [1.165, 1.54) is 0 Å². The van der Waals surface area contributed by atoms with E-state index in [0.717, 1.165) is 5.56 Å². The van der Waals surface area contributed by atoms with Crippen molar-refractivity contribution in [1.82, 2.24) is 0 Å². The monoisotopic (exact) mass is 243 g/mol. The quantitative estimate of drug-likeness (QED) is 0.799. The van der Waals surface area contributed by atoms with Gasteiger partial charge in [-0.3, -0.25) is 0 Å². The van der Waals surface area contributed by atoms with Gasteiger partial charge in [-0.15, -0.1) is 13.2 Å². The molecule has 2 rings (SSSR count). The molecular formula is C15H17NO2. The number of benzene rings is 1. The van der Waals surface area contributed by atoms with Gasteiger partial charge in [0.15, 0.2) is 11.4 Å². The lowest BCUT2D eigenvalue weighted by Crippen LogP contribution is -2.41. The van der Waals surface area contributed by atoms with Crippen LogP contribution in [0.4, 0.5) is 0 Å². The number of nitrogens with two attached hydrogens (primary N) is 1. The lowest BCUT2D eigenvalue weighted by atomic mass is 9.87. The number of rotatable bonds is 4. The lowest BCUT2D eigenvalue weighted by molar-refractivity contribution is 0.0619. The van der Waals surface area contributed by atoms with Crippen LogP contribution in [-0.4, -0.2) is 10.7 Å². The first-order chi connectivity index (χ1) is 8.64. The summed E-state index contributed by atoms with van der Waals surface area (Å²) >= 11 is 0. The van der Waals surface area contributed by atoms with Crippen molar-refractivity contribution in [2.24, 2.45) is 5.73 Å². The van der Waals surface area contributed by atoms with Crippen LogP contribution in [0.2, 0.25) is 0 Å². The minimum atomic E-state index is -0.873. The van der Waals surface area contributed by atoms with Crippen LogP contribution < -0.4 is 10.5 Å². The number of aliphatic hydroxyl groups is 1. The van der Waals surface area contributed by atoms with Gasteiger partial charge in [0.1, 0.15) is 5.75 Å². The smallest absolute Gasteiger partial charge is 0.174 e. The summed E-state index contributed by atoms with van der Waals surface area (Å²) < 4.78 is 5.95. The highest BCUT2D eigenvalue weighted by atomic mass is 16.5. The summed E-state index contributed by atoms with van der Waals surface area (Å²) in [6.07, 6.45) is 4.36. The zero-order chi connectivity index (χ0) is 13.2. The summed E-state index contributed by atoms with van der Waals surface area (Å²) in [6, 6.07) is 7.40. The zero-order valence-electron chi connectivity index (χ0n) is 10.2. The highest BCUT2D eigenvalue weighted by Gasteiger charge is 2.40. The molecule has 18 heavy (non-hydrogen) atoms. The third kappa shape index (κ3) is 1.78. The van der Waals surface area contributed by atoms with Gasteiger partial charge in [-0.25, -0.2) is 0 Å². The van der Waals surface area contributed by atoms with Crippen LogP contribution in [0.5, 0.6) is 5.75 Å². The number of fused-ring (bicyclic) bond motifs is 1. The Hall–Kier alpha value is -2.16. The van der Waals surface area contributed by atoms with E-state index in [-0.39, 0.29) is 5.76 Å². The Labute approximate surface area is 107 Å². The van der Waals surface area contributed by atoms with Gasteiger partial charge in [0.25, 0.3) is 0 Å². The molecule has 0 bridgehead atoms. The molecule has 0 saturated carbocycles. The van der Waals surface area contributed by atoms with Crippen molar-refractivity contribution >= 4 is 5.70 Å². The van der Waals surface area contributed by atoms with Crippen molar-refractivity contribution in [3.63, 3.8) is 0 Å². The highest BCUT2D eigenvalue weighted by Crippen LogP contribution is 2.41. The average molecular weight is 243 g/mol. The first-order valence-corrected chi connectivity index (χ1v) is 5.84. The molecule has 1 aromatic rings. The molecule has 0 unspecified atom stereocenters. The topological polar surface area (TPSA) is 55.5 Å². The maximum atomic E-state index is 10.3. The summed E-state index contributed by atoms with van der Waals surface area (Å²) in [7, 11) is 0. The second-order valence-electron chi connectivity index (χ2n) is 4.34. The molecule has 0 aromatic heterocycles. The molecule has 0 amide bonds. The molecular weight excluding hydrogens is 226 g/mol. The van der Waals surface area contributed by atoms with E-state index >= 15 is 0 Å². The SMILES string of the molecule is C=CCC1(CC=C)Oc2ccccc2C(N)=C1O. The Bertz CT molecular complexity index is 507. The van der Waals surface area contributed by atoms with Crippen molar-refractivity contribution in [2.75, 3.05) is 0 Å². The maximum Gasteiger partial charge on any atom is 0.174 e. The predicted molar refractivity (Wildman–Crippen MR) is 73.2 cm³/mol. The largest absolute Gasteiger partial charge is 0.506 e. The number of hydrogen-bond acceptors (Lipinski definition) is 3. The van der Waals surface area contributed by atoms with E-state index in [4.69, 9.17) is 10.5 Å². The van der Waals surface area contributed by atoms with Gasteiger partial charge in [0.05, 0.1) is 5.70 Å². The molecule has 3 heteroatoms. The fourth-order valence-corrected chi connectivity index (χ4v) is 2.24. The maximum absolute atomic E-state index is 10.3. The Balaban J connectivity index is 2.57. The summed E-state index contributed by atoms with van der Waals surface area (Å²) in [5, 5.41) is 10.3.